The average Bonchev–Trinajstić information content (AvgIpc) is 1.92. The molecule has 5 heteroatoms. The molecule has 0 amide bonds. The fraction of sp³-hybridized carbons (Fsp3) is 0. The van der Waals surface area contributed by atoms with Gasteiger partial charge in [0.25, 0.3) is 6.71 Å². The van der Waals surface area contributed by atoms with E-state index in [1.54, 1.807) is 0 Å². The van der Waals surface area contributed by atoms with Gasteiger partial charge in [-0.25, -0.2) is 9.97 Å². The monoisotopic (exact) mass is 1080 g/mol. The van der Waals surface area contributed by atoms with E-state index in [4.69, 9.17) is 9.97 Å². The van der Waals surface area contributed by atoms with Crippen LogP contribution in [0.15, 0.2) is 297 Å². The van der Waals surface area contributed by atoms with Crippen LogP contribution in [0.4, 0.5) is 0 Å². The lowest BCUT2D eigenvalue weighted by molar-refractivity contribution is 1.13. The molecule has 4 nitrogen and oxygen atoms in total. The van der Waals surface area contributed by atoms with Crippen molar-refractivity contribution in [2.45, 2.75) is 0 Å². The van der Waals surface area contributed by atoms with Crippen molar-refractivity contribution in [3.63, 3.8) is 0 Å². The number of hydrogen-bond acceptors (Lipinski definition) is 2. The van der Waals surface area contributed by atoms with Crippen LogP contribution < -0.4 is 16.4 Å². The maximum absolute atomic E-state index is 5.68. The molecule has 85 heavy (non-hydrogen) atoms. The van der Waals surface area contributed by atoms with Crippen molar-refractivity contribution in [3.05, 3.63) is 297 Å². The van der Waals surface area contributed by atoms with Gasteiger partial charge in [0, 0.05) is 49.4 Å². The summed E-state index contributed by atoms with van der Waals surface area (Å²) in [5, 5.41) is 5.95. The highest BCUT2D eigenvalue weighted by atomic mass is 15.0. The van der Waals surface area contributed by atoms with Gasteiger partial charge in [0.1, 0.15) is 0 Å². The Morgan fingerprint density at radius 1 is 0.271 bits per heavy atom. The van der Waals surface area contributed by atoms with Gasteiger partial charge in [-0.3, -0.25) is 0 Å². The Hall–Kier alpha value is -11.1. The highest BCUT2D eigenvalue weighted by Crippen LogP contribution is 2.50. The molecule has 0 spiro atoms. The largest absolute Gasteiger partial charge is 0.310 e. The number of aromatic nitrogens is 4. The second-order valence-electron chi connectivity index (χ2n) is 22.7. The molecule has 0 fully saturated rings. The van der Waals surface area contributed by atoms with Crippen LogP contribution in [0.1, 0.15) is 0 Å². The third-order valence-electron chi connectivity index (χ3n) is 18.1. The summed E-state index contributed by atoms with van der Waals surface area (Å²) in [5.41, 5.74) is 28.7. The van der Waals surface area contributed by atoms with E-state index in [-0.39, 0.29) is 6.71 Å². The predicted molar refractivity (Wildman–Crippen MR) is 356 cm³/mol. The minimum Gasteiger partial charge on any atom is -0.310 e. The Balaban J connectivity index is 1.07. The van der Waals surface area contributed by atoms with Crippen LogP contribution in [0.5, 0.6) is 0 Å². The van der Waals surface area contributed by atoms with Gasteiger partial charge in [-0.05, 0) is 126 Å². The highest BCUT2D eigenvalue weighted by molar-refractivity contribution is 7.00. The first-order chi connectivity index (χ1) is 42.2. The summed E-state index contributed by atoms with van der Waals surface area (Å²) in [5.74, 6) is 0.672. The Morgan fingerprint density at radius 3 is 1.08 bits per heavy atom. The van der Waals surface area contributed by atoms with Crippen LogP contribution in [0, 0.1) is 0 Å². The molecule has 0 saturated heterocycles. The zero-order valence-corrected chi connectivity index (χ0v) is 46.2. The van der Waals surface area contributed by atoms with Crippen LogP contribution in [-0.4, -0.2) is 25.8 Å². The van der Waals surface area contributed by atoms with E-state index >= 15 is 0 Å². The lowest BCUT2D eigenvalue weighted by Crippen LogP contribution is -2.59. The Bertz CT molecular complexity index is 5100. The third-order valence-corrected chi connectivity index (χ3v) is 18.1. The molecule has 2 aliphatic rings. The summed E-state index contributed by atoms with van der Waals surface area (Å²) in [4.78, 5) is 11.3. The summed E-state index contributed by atoms with van der Waals surface area (Å²) in [6.45, 7) is -0.160. The minimum absolute atomic E-state index is 0.160. The Kier molecular flexibility index (Phi) is 10.4. The summed E-state index contributed by atoms with van der Waals surface area (Å²) >= 11 is 0. The molecule has 0 atom stereocenters. The molecule has 13 aromatic carbocycles. The lowest BCUT2D eigenvalue weighted by Gasteiger charge is -2.34. The van der Waals surface area contributed by atoms with Crippen molar-refractivity contribution >= 4 is 77.6 Å². The molecule has 0 aliphatic carbocycles. The summed E-state index contributed by atoms with van der Waals surface area (Å²) < 4.78 is 5.28. The number of benzene rings is 13. The normalized spacial score (nSPS) is 12.2. The fourth-order valence-corrected chi connectivity index (χ4v) is 14.5. The van der Waals surface area contributed by atoms with Crippen LogP contribution in [0.2, 0.25) is 0 Å². The van der Waals surface area contributed by atoms with E-state index in [0.29, 0.717) is 5.82 Å². The van der Waals surface area contributed by atoms with E-state index in [9.17, 15) is 0 Å². The second-order valence-corrected chi connectivity index (χ2v) is 22.7. The molecule has 16 aromatic rings. The van der Waals surface area contributed by atoms with E-state index in [0.717, 1.165) is 61.3 Å². The summed E-state index contributed by atoms with van der Waals surface area (Å²) in [6.07, 6.45) is 0. The molecule has 5 heterocycles. The number of rotatable bonds is 8. The van der Waals surface area contributed by atoms with Gasteiger partial charge in [-0.15, -0.1) is 0 Å². The first-order valence-electron chi connectivity index (χ1n) is 29.3. The lowest BCUT2D eigenvalue weighted by atomic mass is 9.34. The maximum atomic E-state index is 5.68. The number of hydrogen-bond donors (Lipinski definition) is 0. The van der Waals surface area contributed by atoms with Gasteiger partial charge in [-0.1, -0.05) is 255 Å². The number of nitrogens with zero attached hydrogens (tertiary/aromatic N) is 4. The van der Waals surface area contributed by atoms with Crippen LogP contribution in [0.3, 0.4) is 0 Å². The van der Waals surface area contributed by atoms with Crippen LogP contribution >= 0.6 is 0 Å². The third kappa shape index (κ3) is 7.17. The van der Waals surface area contributed by atoms with Crippen LogP contribution in [-0.2, 0) is 0 Å². The fourth-order valence-electron chi connectivity index (χ4n) is 14.5. The maximum Gasteiger partial charge on any atom is 0.252 e. The first-order valence-corrected chi connectivity index (χ1v) is 29.3. The Labute approximate surface area is 491 Å². The molecule has 0 radical (unpaired) electrons. The zero-order valence-electron chi connectivity index (χ0n) is 46.2. The molecule has 18 rings (SSSR count). The van der Waals surface area contributed by atoms with Gasteiger partial charge < -0.3 is 9.13 Å². The molecule has 2 aliphatic heterocycles. The van der Waals surface area contributed by atoms with Crippen molar-refractivity contribution in [1.82, 2.24) is 19.1 Å². The minimum atomic E-state index is -0.160. The van der Waals surface area contributed by atoms with Crippen molar-refractivity contribution in [1.29, 1.82) is 0 Å². The molecule has 0 bridgehead atoms. The number of para-hydroxylation sites is 1. The molecule has 0 N–H and O–H groups in total. The predicted octanol–water partition coefficient (Wildman–Crippen LogP) is 18.3. The molecule has 0 unspecified atom stereocenters. The second kappa shape index (κ2) is 18.7. The number of fused-ring (bicyclic) bond motifs is 11. The van der Waals surface area contributed by atoms with E-state index in [1.807, 2.05) is 0 Å². The van der Waals surface area contributed by atoms with Gasteiger partial charge >= 0.3 is 0 Å². The summed E-state index contributed by atoms with van der Waals surface area (Å²) in [7, 11) is 0. The van der Waals surface area contributed by atoms with Crippen molar-refractivity contribution in [2.24, 2.45) is 0 Å². The standard InChI is InChI=1S/C80H49BN4/c1-8-24-50(25-9-1)57-44-63(54-32-16-5-17-33-54)72-68(46-57)84-70-48-59(80-82-67-39-23-22-38-62(67)77(83-80)56-36-20-7-21-37-56)49-71-76(70)81(65-42-40-60(74(72)78(65)84)52-28-12-3-13-29-52)66-43-41-61(53-30-14-4-15-31-53)75-73-64(55-34-18-6-19-35-55)45-58(51-26-10-2-11-27-51)47-69(73)85(71)79(66)75/h1-49H. The molecule has 392 valence electrons. The first kappa shape index (κ1) is 47.5. The van der Waals surface area contributed by atoms with Gasteiger partial charge in [0.05, 0.1) is 33.3 Å². The molecular formula is C80H49BN4. The SMILES string of the molecule is c1ccc(-c2cc(-c3ccccc3)c3c4c(-c5ccccc5)ccc5c4n(c3c2)-c2cc(-c3nc(-c4ccccc4)c4ccccc4n3)cc3c2B5c2ccc(-c4ccccc4)c4c5c(-c6ccccc6)cc(-c6ccccc6)cc5n-3c24)cc1. The van der Waals surface area contributed by atoms with Gasteiger partial charge in [-0.2, -0.15) is 0 Å². The van der Waals surface area contributed by atoms with E-state index in [2.05, 4.69) is 306 Å². The molecule has 3 aromatic heterocycles. The van der Waals surface area contributed by atoms with E-state index in [1.165, 1.54) is 105 Å². The topological polar surface area (TPSA) is 35.6 Å². The van der Waals surface area contributed by atoms with Crippen molar-refractivity contribution in [3.8, 4) is 101 Å². The van der Waals surface area contributed by atoms with Crippen molar-refractivity contribution < 1.29 is 0 Å². The summed E-state index contributed by atoms with van der Waals surface area (Å²) in [6, 6.07) is 109. The highest BCUT2D eigenvalue weighted by Gasteiger charge is 2.43. The molecular weight excluding hydrogens is 1030 g/mol. The zero-order chi connectivity index (χ0) is 55.7. The quantitative estimate of drug-likeness (QED) is 0.142. The van der Waals surface area contributed by atoms with Crippen LogP contribution in [0.25, 0.3) is 155 Å². The van der Waals surface area contributed by atoms with Crippen molar-refractivity contribution in [2.75, 3.05) is 0 Å². The van der Waals surface area contributed by atoms with Gasteiger partial charge in [0.15, 0.2) is 5.82 Å². The Morgan fingerprint density at radius 2 is 0.647 bits per heavy atom. The smallest absolute Gasteiger partial charge is 0.252 e. The average molecular weight is 1080 g/mol. The van der Waals surface area contributed by atoms with Gasteiger partial charge in [0.2, 0.25) is 0 Å². The molecule has 0 saturated carbocycles. The van der Waals surface area contributed by atoms with E-state index < -0.39 is 0 Å².